The van der Waals surface area contributed by atoms with Gasteiger partial charge in [-0.25, -0.2) is 4.39 Å². The second-order valence-corrected chi connectivity index (χ2v) is 5.59. The number of likely N-dealkylation sites (tertiary alicyclic amines) is 1. The zero-order valence-electron chi connectivity index (χ0n) is 12.2. The number of ether oxygens (including phenoxy) is 1. The maximum Gasteiger partial charge on any atom is 0.128 e. The number of hydrogen-bond acceptors (Lipinski definition) is 4. The van der Waals surface area contributed by atoms with Gasteiger partial charge < -0.3 is 14.9 Å². The summed E-state index contributed by atoms with van der Waals surface area (Å²) in [5.74, 6) is -0.289. The molecular formula is C16H24FNO3. The third-order valence-corrected chi connectivity index (χ3v) is 3.93. The maximum atomic E-state index is 13.4. The average molecular weight is 297 g/mol. The first kappa shape index (κ1) is 16.4. The average Bonchev–Trinajstić information content (AvgIpc) is 2.50. The number of benzene rings is 1. The molecule has 0 aliphatic carbocycles. The standard InChI is InChI=1S/C16H24FNO3/c17-16-7-2-1-5-13(16)11-21-12-15(20)9-18-8-4-3-6-14(18)10-19/h1-2,5,7,14-15,19-20H,3-4,6,8-12H2. The molecule has 0 saturated carbocycles. The van der Waals surface area contributed by atoms with Crippen LogP contribution in [0.1, 0.15) is 24.8 Å². The van der Waals surface area contributed by atoms with Crippen LogP contribution in [0.2, 0.25) is 0 Å². The molecule has 0 amide bonds. The number of aliphatic hydroxyl groups excluding tert-OH is 2. The van der Waals surface area contributed by atoms with Gasteiger partial charge in [-0.3, -0.25) is 4.90 Å². The van der Waals surface area contributed by atoms with Crippen molar-refractivity contribution in [1.29, 1.82) is 0 Å². The number of hydrogen-bond donors (Lipinski definition) is 2. The summed E-state index contributed by atoms with van der Waals surface area (Å²) in [6, 6.07) is 6.61. The molecule has 1 aromatic rings. The van der Waals surface area contributed by atoms with Gasteiger partial charge in [-0.1, -0.05) is 24.6 Å². The molecule has 118 valence electrons. The van der Waals surface area contributed by atoms with Crippen LogP contribution in [0.25, 0.3) is 0 Å². The molecule has 1 fully saturated rings. The predicted molar refractivity (Wildman–Crippen MR) is 78.4 cm³/mol. The minimum absolute atomic E-state index is 0.128. The van der Waals surface area contributed by atoms with E-state index in [4.69, 9.17) is 4.74 Å². The first-order valence-electron chi connectivity index (χ1n) is 7.55. The lowest BCUT2D eigenvalue weighted by molar-refractivity contribution is -0.0111. The smallest absolute Gasteiger partial charge is 0.128 e. The normalized spacial score (nSPS) is 21.4. The molecule has 0 aromatic heterocycles. The Morgan fingerprint density at radius 3 is 2.90 bits per heavy atom. The fourth-order valence-electron chi connectivity index (χ4n) is 2.75. The van der Waals surface area contributed by atoms with Crippen molar-refractivity contribution < 1.29 is 19.3 Å². The number of halogens is 1. The van der Waals surface area contributed by atoms with E-state index in [1.807, 2.05) is 0 Å². The lowest BCUT2D eigenvalue weighted by Crippen LogP contribution is -2.46. The summed E-state index contributed by atoms with van der Waals surface area (Å²) in [6.07, 6.45) is 2.57. The molecule has 5 heteroatoms. The molecule has 1 aliphatic heterocycles. The summed E-state index contributed by atoms with van der Waals surface area (Å²) in [7, 11) is 0. The topological polar surface area (TPSA) is 52.9 Å². The van der Waals surface area contributed by atoms with Gasteiger partial charge in [0, 0.05) is 18.2 Å². The highest BCUT2D eigenvalue weighted by molar-refractivity contribution is 5.16. The molecular weight excluding hydrogens is 273 g/mol. The lowest BCUT2D eigenvalue weighted by Gasteiger charge is -2.35. The molecule has 4 nitrogen and oxygen atoms in total. The minimum atomic E-state index is -0.621. The Kier molecular flexibility index (Phi) is 6.57. The second-order valence-electron chi connectivity index (χ2n) is 5.59. The Balaban J connectivity index is 1.72. The summed E-state index contributed by atoms with van der Waals surface area (Å²) in [5.41, 5.74) is 0.496. The van der Waals surface area contributed by atoms with E-state index >= 15 is 0 Å². The van der Waals surface area contributed by atoms with E-state index in [1.165, 1.54) is 6.07 Å². The van der Waals surface area contributed by atoms with E-state index < -0.39 is 6.10 Å². The van der Waals surface area contributed by atoms with Crippen molar-refractivity contribution in [2.75, 3.05) is 26.3 Å². The molecule has 2 unspecified atom stereocenters. The monoisotopic (exact) mass is 297 g/mol. The van der Waals surface area contributed by atoms with E-state index in [2.05, 4.69) is 4.90 Å². The van der Waals surface area contributed by atoms with Gasteiger partial charge in [-0.05, 0) is 25.5 Å². The van der Waals surface area contributed by atoms with E-state index in [0.717, 1.165) is 25.8 Å². The van der Waals surface area contributed by atoms with E-state index in [1.54, 1.807) is 18.2 Å². The SMILES string of the molecule is OCC1CCCCN1CC(O)COCc1ccccc1F. The van der Waals surface area contributed by atoms with Gasteiger partial charge in [0.15, 0.2) is 0 Å². The summed E-state index contributed by atoms with van der Waals surface area (Å²) in [4.78, 5) is 2.11. The zero-order chi connectivity index (χ0) is 15.1. The van der Waals surface area contributed by atoms with Gasteiger partial charge in [-0.15, -0.1) is 0 Å². The zero-order valence-corrected chi connectivity index (χ0v) is 12.2. The largest absolute Gasteiger partial charge is 0.395 e. The van der Waals surface area contributed by atoms with Crippen molar-refractivity contribution in [3.63, 3.8) is 0 Å². The van der Waals surface area contributed by atoms with Crippen LogP contribution in [0.4, 0.5) is 4.39 Å². The highest BCUT2D eigenvalue weighted by Gasteiger charge is 2.23. The third-order valence-electron chi connectivity index (χ3n) is 3.93. The first-order chi connectivity index (χ1) is 10.2. The van der Waals surface area contributed by atoms with Crippen LogP contribution in [0, 0.1) is 5.82 Å². The van der Waals surface area contributed by atoms with Gasteiger partial charge in [-0.2, -0.15) is 0 Å². The highest BCUT2D eigenvalue weighted by atomic mass is 19.1. The summed E-state index contributed by atoms with van der Waals surface area (Å²) in [6.45, 7) is 1.84. The highest BCUT2D eigenvalue weighted by Crippen LogP contribution is 2.17. The van der Waals surface area contributed by atoms with Gasteiger partial charge in [0.25, 0.3) is 0 Å². The van der Waals surface area contributed by atoms with Crippen LogP contribution < -0.4 is 0 Å². The fraction of sp³-hybridized carbons (Fsp3) is 0.625. The van der Waals surface area contributed by atoms with Crippen molar-refractivity contribution in [3.8, 4) is 0 Å². The molecule has 2 atom stereocenters. The Morgan fingerprint density at radius 2 is 2.14 bits per heavy atom. The molecule has 1 aliphatic rings. The van der Waals surface area contributed by atoms with E-state index in [9.17, 15) is 14.6 Å². The number of nitrogens with zero attached hydrogens (tertiary/aromatic N) is 1. The first-order valence-corrected chi connectivity index (χ1v) is 7.55. The molecule has 21 heavy (non-hydrogen) atoms. The molecule has 0 radical (unpaired) electrons. The van der Waals surface area contributed by atoms with Crippen LogP contribution in [0.5, 0.6) is 0 Å². The summed E-state index contributed by atoms with van der Waals surface area (Å²) in [5, 5.41) is 19.4. The molecule has 1 aromatic carbocycles. The van der Waals surface area contributed by atoms with Crippen molar-refractivity contribution in [2.45, 2.75) is 38.0 Å². The van der Waals surface area contributed by atoms with Crippen LogP contribution in [0.15, 0.2) is 24.3 Å². The molecule has 2 rings (SSSR count). The third kappa shape index (κ3) is 5.04. The van der Waals surface area contributed by atoms with Gasteiger partial charge in [0.1, 0.15) is 5.82 Å². The quantitative estimate of drug-likeness (QED) is 0.802. The van der Waals surface area contributed by atoms with Crippen LogP contribution >= 0.6 is 0 Å². The van der Waals surface area contributed by atoms with Gasteiger partial charge in [0.2, 0.25) is 0 Å². The molecule has 0 bridgehead atoms. The Bertz CT molecular complexity index is 430. The molecule has 2 N–H and O–H groups in total. The van der Waals surface area contributed by atoms with E-state index in [0.29, 0.717) is 12.1 Å². The van der Waals surface area contributed by atoms with Crippen molar-refractivity contribution in [1.82, 2.24) is 4.90 Å². The Labute approximate surface area is 125 Å². The molecule has 0 spiro atoms. The van der Waals surface area contributed by atoms with Crippen molar-refractivity contribution in [2.24, 2.45) is 0 Å². The van der Waals surface area contributed by atoms with Gasteiger partial charge in [0.05, 0.1) is 25.9 Å². The molecule has 1 heterocycles. The molecule has 1 saturated heterocycles. The second kappa shape index (κ2) is 8.44. The number of rotatable bonds is 7. The fourth-order valence-corrected chi connectivity index (χ4v) is 2.75. The van der Waals surface area contributed by atoms with Crippen LogP contribution in [-0.2, 0) is 11.3 Å². The van der Waals surface area contributed by atoms with Crippen LogP contribution in [-0.4, -0.2) is 53.6 Å². The lowest BCUT2D eigenvalue weighted by atomic mass is 10.0. The van der Waals surface area contributed by atoms with Crippen molar-refractivity contribution in [3.05, 3.63) is 35.6 Å². The predicted octanol–water partition coefficient (Wildman–Crippen LogP) is 1.55. The Hall–Kier alpha value is -1.01. The summed E-state index contributed by atoms with van der Waals surface area (Å²) >= 11 is 0. The summed E-state index contributed by atoms with van der Waals surface area (Å²) < 4.78 is 18.8. The van der Waals surface area contributed by atoms with E-state index in [-0.39, 0.29) is 31.7 Å². The van der Waals surface area contributed by atoms with Gasteiger partial charge >= 0.3 is 0 Å². The number of β-amino-alcohol motifs (C(OH)–C–C–N with tert-alkyl or cyclic N) is 1. The number of aliphatic hydroxyl groups is 2. The van der Waals surface area contributed by atoms with Crippen LogP contribution in [0.3, 0.4) is 0 Å². The Morgan fingerprint density at radius 1 is 1.33 bits per heavy atom. The van der Waals surface area contributed by atoms with Crippen molar-refractivity contribution >= 4 is 0 Å². The maximum absolute atomic E-state index is 13.4. The minimum Gasteiger partial charge on any atom is -0.395 e. The number of piperidine rings is 1.